The summed E-state index contributed by atoms with van der Waals surface area (Å²) in [6.45, 7) is 2.78. The van der Waals surface area contributed by atoms with E-state index in [9.17, 15) is 4.79 Å². The number of ether oxygens (including phenoxy) is 2. The zero-order valence-electron chi connectivity index (χ0n) is 18.6. The molecule has 0 saturated carbocycles. The maximum Gasteiger partial charge on any atom is 0.247 e. The summed E-state index contributed by atoms with van der Waals surface area (Å²) in [5, 5.41) is 7.16. The van der Waals surface area contributed by atoms with E-state index in [1.165, 1.54) is 0 Å². The maximum atomic E-state index is 12.8. The number of anilines is 1. The van der Waals surface area contributed by atoms with E-state index in [2.05, 4.69) is 32.6 Å². The lowest BCUT2D eigenvalue weighted by atomic mass is 9.86. The lowest BCUT2D eigenvalue weighted by molar-refractivity contribution is -0.124. The third-order valence-corrected chi connectivity index (χ3v) is 6.82. The highest BCUT2D eigenvalue weighted by Gasteiger charge is 2.50. The highest BCUT2D eigenvalue weighted by atomic mass is 32.1. The van der Waals surface area contributed by atoms with Crippen molar-refractivity contribution in [2.24, 2.45) is 0 Å². The first-order valence-corrected chi connectivity index (χ1v) is 11.3. The first-order chi connectivity index (χ1) is 15.6. The Balaban J connectivity index is 1.31. The summed E-state index contributed by atoms with van der Waals surface area (Å²) >= 11 is 5.65. The van der Waals surface area contributed by atoms with Gasteiger partial charge in [0.1, 0.15) is 5.54 Å². The molecule has 2 aromatic rings. The molecule has 0 atom stereocenters. The lowest BCUT2D eigenvalue weighted by Crippen LogP contribution is -2.58. The van der Waals surface area contributed by atoms with Crippen LogP contribution in [0.1, 0.15) is 18.4 Å². The molecule has 170 valence electrons. The quantitative estimate of drug-likeness (QED) is 0.651. The summed E-state index contributed by atoms with van der Waals surface area (Å²) in [5.41, 5.74) is 1.74. The van der Waals surface area contributed by atoms with Gasteiger partial charge < -0.3 is 29.9 Å². The number of nitrogens with zero attached hydrogens (tertiary/aromatic N) is 2. The highest BCUT2D eigenvalue weighted by Crippen LogP contribution is 2.36. The molecule has 4 rings (SSSR count). The standard InChI is InChI=1S/C24H30N4O3S/c1-30-20-9-8-18(16-21(20)31-2)10-13-25-23(32)27-14-11-24(12-15-27)22(29)26-17-28(24)19-6-4-3-5-7-19/h3-9,16H,10-15,17H2,1-2H3,(H,25,32)(H,26,29). The number of amides is 1. The van der Waals surface area contributed by atoms with E-state index in [1.807, 2.05) is 36.4 Å². The van der Waals surface area contributed by atoms with Crippen LogP contribution in [0.15, 0.2) is 48.5 Å². The molecule has 1 spiro atoms. The van der Waals surface area contributed by atoms with Crippen LogP contribution < -0.4 is 25.0 Å². The second kappa shape index (κ2) is 9.65. The highest BCUT2D eigenvalue weighted by molar-refractivity contribution is 7.80. The van der Waals surface area contributed by atoms with Crippen molar-refractivity contribution in [2.45, 2.75) is 24.8 Å². The van der Waals surface area contributed by atoms with Gasteiger partial charge in [-0.1, -0.05) is 24.3 Å². The van der Waals surface area contributed by atoms with Gasteiger partial charge >= 0.3 is 0 Å². The van der Waals surface area contributed by atoms with Gasteiger partial charge in [-0.05, 0) is 61.3 Å². The number of rotatable bonds is 6. The third kappa shape index (κ3) is 4.32. The fraction of sp³-hybridized carbons (Fsp3) is 0.417. The van der Waals surface area contributed by atoms with Crippen molar-refractivity contribution in [1.82, 2.24) is 15.5 Å². The van der Waals surface area contributed by atoms with Crippen molar-refractivity contribution in [1.29, 1.82) is 0 Å². The number of hydrogen-bond donors (Lipinski definition) is 2. The van der Waals surface area contributed by atoms with Gasteiger partial charge in [0.25, 0.3) is 0 Å². The smallest absolute Gasteiger partial charge is 0.247 e. The van der Waals surface area contributed by atoms with Crippen molar-refractivity contribution < 1.29 is 14.3 Å². The van der Waals surface area contributed by atoms with Crippen LogP contribution in [0.4, 0.5) is 5.69 Å². The van der Waals surface area contributed by atoms with Crippen LogP contribution in [0.25, 0.3) is 0 Å². The Labute approximate surface area is 194 Å². The molecule has 0 aliphatic carbocycles. The molecule has 0 unspecified atom stereocenters. The van der Waals surface area contributed by atoms with Gasteiger partial charge in [0.2, 0.25) is 5.91 Å². The van der Waals surface area contributed by atoms with Crippen LogP contribution >= 0.6 is 12.2 Å². The number of carbonyl (C=O) groups is 1. The predicted octanol–water partition coefficient (Wildman–Crippen LogP) is 2.55. The minimum absolute atomic E-state index is 0.119. The Bertz CT molecular complexity index is 961. The molecule has 7 nitrogen and oxygen atoms in total. The van der Waals surface area contributed by atoms with Crippen LogP contribution in [0.2, 0.25) is 0 Å². The average Bonchev–Trinajstić information content (AvgIpc) is 3.15. The van der Waals surface area contributed by atoms with Gasteiger partial charge in [-0.3, -0.25) is 4.79 Å². The molecular weight excluding hydrogens is 424 g/mol. The molecule has 2 aromatic carbocycles. The van der Waals surface area contributed by atoms with E-state index in [1.54, 1.807) is 14.2 Å². The Morgan fingerprint density at radius 1 is 1.09 bits per heavy atom. The summed E-state index contributed by atoms with van der Waals surface area (Å²) in [4.78, 5) is 17.2. The fourth-order valence-electron chi connectivity index (χ4n) is 4.57. The number of benzene rings is 2. The summed E-state index contributed by atoms with van der Waals surface area (Å²) in [6, 6.07) is 16.1. The van der Waals surface area contributed by atoms with Crippen molar-refractivity contribution in [2.75, 3.05) is 45.4 Å². The summed E-state index contributed by atoms with van der Waals surface area (Å²) in [6.07, 6.45) is 2.30. The van der Waals surface area contributed by atoms with Gasteiger partial charge in [0.05, 0.1) is 20.9 Å². The summed E-state index contributed by atoms with van der Waals surface area (Å²) < 4.78 is 10.7. The molecule has 2 saturated heterocycles. The predicted molar refractivity (Wildman–Crippen MR) is 129 cm³/mol. The van der Waals surface area contributed by atoms with E-state index in [0.717, 1.165) is 66.8 Å². The molecule has 2 aliphatic heterocycles. The molecule has 2 aliphatic rings. The second-order valence-electron chi connectivity index (χ2n) is 8.12. The molecular formula is C24H30N4O3S. The second-order valence-corrected chi connectivity index (χ2v) is 8.50. The Morgan fingerprint density at radius 3 is 2.50 bits per heavy atom. The van der Waals surface area contributed by atoms with E-state index < -0.39 is 5.54 Å². The molecule has 2 N–H and O–H groups in total. The molecule has 8 heteroatoms. The van der Waals surface area contributed by atoms with Crippen LogP contribution in [-0.2, 0) is 11.2 Å². The number of hydrogen-bond acceptors (Lipinski definition) is 5. The molecule has 0 radical (unpaired) electrons. The number of nitrogens with one attached hydrogen (secondary N) is 2. The number of methoxy groups -OCH3 is 2. The zero-order chi connectivity index (χ0) is 22.6. The van der Waals surface area contributed by atoms with E-state index in [-0.39, 0.29) is 5.91 Å². The average molecular weight is 455 g/mol. The van der Waals surface area contributed by atoms with Crippen LogP contribution in [0, 0.1) is 0 Å². The first-order valence-electron chi connectivity index (χ1n) is 10.9. The van der Waals surface area contributed by atoms with Crippen molar-refractivity contribution in [3.05, 3.63) is 54.1 Å². The minimum Gasteiger partial charge on any atom is -0.493 e. The zero-order valence-corrected chi connectivity index (χ0v) is 19.4. The Morgan fingerprint density at radius 2 is 1.81 bits per heavy atom. The molecule has 0 aromatic heterocycles. The fourth-order valence-corrected chi connectivity index (χ4v) is 4.86. The van der Waals surface area contributed by atoms with E-state index in [0.29, 0.717) is 6.67 Å². The SMILES string of the molecule is COc1ccc(CCNC(=S)N2CCC3(CC2)C(=O)NCN3c2ccccc2)cc1OC. The normalized spacial score (nSPS) is 17.2. The van der Waals surface area contributed by atoms with Crippen molar-refractivity contribution in [3.63, 3.8) is 0 Å². The third-order valence-electron chi connectivity index (χ3n) is 6.42. The molecule has 0 bridgehead atoms. The van der Waals surface area contributed by atoms with Crippen LogP contribution in [0.3, 0.4) is 0 Å². The Hall–Kier alpha value is -3.00. The number of para-hydroxylation sites is 1. The molecule has 32 heavy (non-hydrogen) atoms. The van der Waals surface area contributed by atoms with Crippen LogP contribution in [0.5, 0.6) is 11.5 Å². The molecule has 2 fully saturated rings. The van der Waals surface area contributed by atoms with Crippen molar-refractivity contribution in [3.8, 4) is 11.5 Å². The molecule has 2 heterocycles. The molecule has 1 amide bonds. The van der Waals surface area contributed by atoms with Gasteiger partial charge in [-0.25, -0.2) is 0 Å². The van der Waals surface area contributed by atoms with E-state index >= 15 is 0 Å². The topological polar surface area (TPSA) is 66.1 Å². The number of piperidine rings is 1. The van der Waals surface area contributed by atoms with E-state index in [4.69, 9.17) is 21.7 Å². The number of thiocarbonyl (C=S) groups is 1. The van der Waals surface area contributed by atoms with Gasteiger partial charge in [0, 0.05) is 25.3 Å². The van der Waals surface area contributed by atoms with Gasteiger partial charge in [-0.2, -0.15) is 0 Å². The minimum atomic E-state index is -0.493. The monoisotopic (exact) mass is 454 g/mol. The largest absolute Gasteiger partial charge is 0.493 e. The summed E-state index contributed by atoms with van der Waals surface area (Å²) in [7, 11) is 3.27. The lowest BCUT2D eigenvalue weighted by Gasteiger charge is -2.44. The summed E-state index contributed by atoms with van der Waals surface area (Å²) in [5.74, 6) is 1.57. The van der Waals surface area contributed by atoms with Gasteiger partial charge in [-0.15, -0.1) is 0 Å². The van der Waals surface area contributed by atoms with Crippen molar-refractivity contribution >= 4 is 28.9 Å². The number of carbonyl (C=O) groups excluding carboxylic acids is 1. The van der Waals surface area contributed by atoms with Gasteiger partial charge in [0.15, 0.2) is 16.6 Å². The maximum absolute atomic E-state index is 12.8. The van der Waals surface area contributed by atoms with Crippen LogP contribution in [-0.4, -0.2) is 62.0 Å². The number of likely N-dealkylation sites (tertiary alicyclic amines) is 1. The first kappa shape index (κ1) is 22.2. The Kier molecular flexibility index (Phi) is 6.69.